The minimum absolute atomic E-state index is 0.105. The summed E-state index contributed by atoms with van der Waals surface area (Å²) < 4.78 is 0. The van der Waals surface area contributed by atoms with Crippen LogP contribution >= 0.6 is 11.3 Å². The molecule has 2 aliphatic heterocycles. The van der Waals surface area contributed by atoms with Crippen molar-refractivity contribution < 1.29 is 9.59 Å². The first kappa shape index (κ1) is 20.9. The van der Waals surface area contributed by atoms with Crippen LogP contribution in [-0.4, -0.2) is 51.3 Å². The molecular formula is C22H29N5O2S. The fourth-order valence-corrected chi connectivity index (χ4v) is 4.91. The summed E-state index contributed by atoms with van der Waals surface area (Å²) in [5.41, 5.74) is 2.89. The summed E-state index contributed by atoms with van der Waals surface area (Å²) in [5, 5.41) is 2.94. The monoisotopic (exact) mass is 427 g/mol. The summed E-state index contributed by atoms with van der Waals surface area (Å²) in [6.45, 7) is 10.2. The normalized spacial score (nSPS) is 19.0. The van der Waals surface area contributed by atoms with E-state index in [1.807, 2.05) is 29.0 Å². The average Bonchev–Trinajstić information content (AvgIpc) is 3.33. The van der Waals surface area contributed by atoms with Crippen LogP contribution in [0.4, 0.5) is 5.82 Å². The Morgan fingerprint density at radius 1 is 1.23 bits per heavy atom. The van der Waals surface area contributed by atoms with Gasteiger partial charge in [0.2, 0.25) is 11.8 Å². The van der Waals surface area contributed by atoms with Crippen molar-refractivity contribution in [3.63, 3.8) is 0 Å². The Morgan fingerprint density at radius 2 is 2.03 bits per heavy atom. The van der Waals surface area contributed by atoms with Gasteiger partial charge in [-0.25, -0.2) is 15.0 Å². The average molecular weight is 428 g/mol. The van der Waals surface area contributed by atoms with Crippen LogP contribution in [0.1, 0.15) is 60.4 Å². The summed E-state index contributed by atoms with van der Waals surface area (Å²) in [5.74, 6) is 2.26. The summed E-state index contributed by atoms with van der Waals surface area (Å²) >= 11 is 1.57. The van der Waals surface area contributed by atoms with Crippen molar-refractivity contribution in [2.75, 3.05) is 24.5 Å². The molecule has 0 saturated carbocycles. The maximum Gasteiger partial charge on any atom is 0.228 e. The van der Waals surface area contributed by atoms with E-state index in [1.165, 1.54) is 0 Å². The van der Waals surface area contributed by atoms with Crippen LogP contribution in [0.2, 0.25) is 0 Å². The first-order valence-electron chi connectivity index (χ1n) is 10.7. The number of carbonyl (C=O) groups is 2. The minimum atomic E-state index is 0.105. The van der Waals surface area contributed by atoms with Crippen molar-refractivity contribution in [2.24, 2.45) is 5.92 Å². The zero-order valence-electron chi connectivity index (χ0n) is 18.1. The number of aromatic nitrogens is 3. The van der Waals surface area contributed by atoms with Gasteiger partial charge in [-0.1, -0.05) is 13.8 Å². The number of fused-ring (bicyclic) bond motifs is 1. The third kappa shape index (κ3) is 4.24. The molecule has 1 atom stereocenters. The number of anilines is 1. The van der Waals surface area contributed by atoms with E-state index >= 15 is 0 Å². The van der Waals surface area contributed by atoms with E-state index in [9.17, 15) is 9.59 Å². The topological polar surface area (TPSA) is 79.3 Å². The van der Waals surface area contributed by atoms with Crippen LogP contribution in [-0.2, 0) is 22.4 Å². The van der Waals surface area contributed by atoms with Gasteiger partial charge >= 0.3 is 0 Å². The lowest BCUT2D eigenvalue weighted by Gasteiger charge is -2.31. The van der Waals surface area contributed by atoms with Gasteiger partial charge in [-0.2, -0.15) is 0 Å². The second kappa shape index (κ2) is 8.41. The number of thiazole rings is 1. The van der Waals surface area contributed by atoms with Gasteiger partial charge in [0.05, 0.1) is 17.1 Å². The van der Waals surface area contributed by atoms with Crippen LogP contribution < -0.4 is 4.90 Å². The van der Waals surface area contributed by atoms with E-state index in [0.717, 1.165) is 40.0 Å². The summed E-state index contributed by atoms with van der Waals surface area (Å²) in [6.07, 6.45) is 2.41. The number of aryl methyl sites for hydroxylation is 2. The number of hydrogen-bond acceptors (Lipinski definition) is 6. The molecule has 4 heterocycles. The van der Waals surface area contributed by atoms with Crippen molar-refractivity contribution in [3.05, 3.63) is 33.2 Å². The van der Waals surface area contributed by atoms with Crippen molar-refractivity contribution in [2.45, 2.75) is 59.3 Å². The number of hydrogen-bond donors (Lipinski definition) is 0. The molecule has 4 rings (SSSR count). The van der Waals surface area contributed by atoms with Gasteiger partial charge in [0, 0.05) is 48.6 Å². The van der Waals surface area contributed by atoms with Gasteiger partial charge in [-0.15, -0.1) is 11.3 Å². The van der Waals surface area contributed by atoms with Crippen LogP contribution in [0, 0.1) is 19.8 Å². The maximum atomic E-state index is 12.7. The molecule has 0 aromatic carbocycles. The molecule has 0 spiro atoms. The third-order valence-electron chi connectivity index (χ3n) is 5.81. The van der Waals surface area contributed by atoms with Gasteiger partial charge in [0.15, 0.2) is 0 Å². The summed E-state index contributed by atoms with van der Waals surface area (Å²) in [7, 11) is 0. The van der Waals surface area contributed by atoms with Crippen molar-refractivity contribution in [1.82, 2.24) is 19.9 Å². The lowest BCUT2D eigenvalue weighted by atomic mass is 10.0. The molecule has 0 bridgehead atoms. The van der Waals surface area contributed by atoms with Crippen molar-refractivity contribution in [1.29, 1.82) is 0 Å². The van der Waals surface area contributed by atoms with Crippen LogP contribution in [0.25, 0.3) is 0 Å². The van der Waals surface area contributed by atoms with E-state index in [-0.39, 0.29) is 17.7 Å². The zero-order valence-corrected chi connectivity index (χ0v) is 19.0. The predicted molar refractivity (Wildman–Crippen MR) is 117 cm³/mol. The fraction of sp³-hybridized carbons (Fsp3) is 0.591. The van der Waals surface area contributed by atoms with Gasteiger partial charge in [0.1, 0.15) is 11.6 Å². The molecule has 0 radical (unpaired) electrons. The Morgan fingerprint density at radius 3 is 2.73 bits per heavy atom. The van der Waals surface area contributed by atoms with Crippen molar-refractivity contribution >= 4 is 29.0 Å². The van der Waals surface area contributed by atoms with E-state index in [0.29, 0.717) is 44.8 Å². The molecule has 2 aromatic rings. The molecule has 8 heteroatoms. The molecule has 30 heavy (non-hydrogen) atoms. The summed E-state index contributed by atoms with van der Waals surface area (Å²) in [4.78, 5) is 43.1. The molecule has 0 unspecified atom stereocenters. The molecule has 2 amide bonds. The molecule has 2 aromatic heterocycles. The van der Waals surface area contributed by atoms with E-state index in [1.54, 1.807) is 11.3 Å². The van der Waals surface area contributed by atoms with Gasteiger partial charge < -0.3 is 4.90 Å². The molecule has 1 saturated heterocycles. The van der Waals surface area contributed by atoms with Gasteiger partial charge in [0.25, 0.3) is 0 Å². The van der Waals surface area contributed by atoms with Crippen molar-refractivity contribution in [3.8, 4) is 0 Å². The smallest absolute Gasteiger partial charge is 0.228 e. The molecule has 0 aliphatic carbocycles. The maximum absolute atomic E-state index is 12.7. The Labute approximate surface area is 181 Å². The van der Waals surface area contributed by atoms with E-state index in [2.05, 4.69) is 18.8 Å². The standard InChI is InChI=1S/C22H29N5O2S/c1-13(2)10-27-19(28)6-5-18-14(3)23-21(25-22(18)27)16-7-8-26(11-16)20(29)9-17-12-30-15(4)24-17/h12-13,16H,5-11H2,1-4H3/t16-/m0/s1. The van der Waals surface area contributed by atoms with Gasteiger partial charge in [-0.3, -0.25) is 14.5 Å². The molecule has 160 valence electrons. The fourth-order valence-electron chi connectivity index (χ4n) is 4.29. The molecule has 2 aliphatic rings. The van der Waals surface area contributed by atoms with Crippen LogP contribution in [0.3, 0.4) is 0 Å². The largest absolute Gasteiger partial charge is 0.342 e. The Bertz CT molecular complexity index is 970. The second-order valence-electron chi connectivity index (χ2n) is 8.73. The van der Waals surface area contributed by atoms with Crippen LogP contribution in [0.5, 0.6) is 0 Å². The molecular weight excluding hydrogens is 398 g/mol. The molecule has 0 N–H and O–H groups in total. The number of nitrogens with zero attached hydrogens (tertiary/aromatic N) is 5. The molecule has 7 nitrogen and oxygen atoms in total. The predicted octanol–water partition coefficient (Wildman–Crippen LogP) is 3.04. The second-order valence-corrected chi connectivity index (χ2v) is 9.79. The number of amides is 2. The Hall–Kier alpha value is -2.35. The Kier molecular flexibility index (Phi) is 5.86. The third-order valence-corrected chi connectivity index (χ3v) is 6.63. The first-order valence-corrected chi connectivity index (χ1v) is 11.6. The van der Waals surface area contributed by atoms with E-state index in [4.69, 9.17) is 9.97 Å². The highest BCUT2D eigenvalue weighted by atomic mass is 32.1. The lowest BCUT2D eigenvalue weighted by Crippen LogP contribution is -2.39. The first-order chi connectivity index (χ1) is 14.3. The highest BCUT2D eigenvalue weighted by Gasteiger charge is 2.33. The van der Waals surface area contributed by atoms with Crippen LogP contribution in [0.15, 0.2) is 5.38 Å². The number of rotatable bonds is 5. The number of likely N-dealkylation sites (tertiary alicyclic amines) is 1. The SMILES string of the molecule is Cc1nc(CC(=O)N2CC[C@H](c3nc(C)c4c(n3)N(CC(C)C)C(=O)CC4)C2)cs1. The minimum Gasteiger partial charge on any atom is -0.342 e. The molecule has 1 fully saturated rings. The number of carbonyl (C=O) groups excluding carboxylic acids is 2. The summed E-state index contributed by atoms with van der Waals surface area (Å²) in [6, 6.07) is 0. The van der Waals surface area contributed by atoms with E-state index < -0.39 is 0 Å². The lowest BCUT2D eigenvalue weighted by molar-refractivity contribution is -0.129. The highest BCUT2D eigenvalue weighted by Crippen LogP contribution is 2.32. The quantitative estimate of drug-likeness (QED) is 0.733. The Balaban J connectivity index is 1.52. The zero-order chi connectivity index (χ0) is 21.4. The highest BCUT2D eigenvalue weighted by molar-refractivity contribution is 7.09. The van der Waals surface area contributed by atoms with Gasteiger partial charge in [-0.05, 0) is 32.6 Å².